The number of hydrogen-bond donors (Lipinski definition) is 1. The lowest BCUT2D eigenvalue weighted by Gasteiger charge is -2.34. The molecule has 3 aliphatic heterocycles. The van der Waals surface area contributed by atoms with Gasteiger partial charge >= 0.3 is 0 Å². The van der Waals surface area contributed by atoms with E-state index >= 15 is 0 Å². The number of aromatic nitrogens is 3. The maximum Gasteiger partial charge on any atom is 0.262 e. The van der Waals surface area contributed by atoms with E-state index in [-0.39, 0.29) is 24.0 Å². The highest BCUT2D eigenvalue weighted by Crippen LogP contribution is 2.33. The molecule has 284 valence electrons. The van der Waals surface area contributed by atoms with Crippen LogP contribution in [-0.4, -0.2) is 105 Å². The van der Waals surface area contributed by atoms with Crippen molar-refractivity contribution in [1.29, 1.82) is 0 Å². The summed E-state index contributed by atoms with van der Waals surface area (Å²) in [5.74, 6) is -1.52. The minimum atomic E-state index is -0.974. The fourth-order valence-electron chi connectivity index (χ4n) is 8.27. The number of carbonyl (C=O) groups is 4. The third-order valence-corrected chi connectivity index (χ3v) is 11.3. The van der Waals surface area contributed by atoms with Crippen molar-refractivity contribution >= 4 is 45.4 Å². The number of ether oxygens (including phenoxy) is 1. The Morgan fingerprint density at radius 1 is 0.764 bits per heavy atom. The molecular weight excluding hydrogens is 695 g/mol. The molecule has 1 unspecified atom stereocenters. The number of carbonyl (C=O) groups excluding carboxylic acids is 4. The van der Waals surface area contributed by atoms with E-state index in [1.807, 2.05) is 18.6 Å². The van der Waals surface area contributed by atoms with Crippen LogP contribution in [-0.2, 0) is 22.6 Å². The summed E-state index contributed by atoms with van der Waals surface area (Å²) in [5, 5.41) is 4.65. The lowest BCUT2D eigenvalue weighted by atomic mass is 10.0. The molecule has 1 N–H and O–H groups in total. The summed E-state index contributed by atoms with van der Waals surface area (Å²) < 4.78 is 8.29. The van der Waals surface area contributed by atoms with Crippen molar-refractivity contribution in [2.45, 2.75) is 64.5 Å². The molecule has 0 saturated carbocycles. The molecule has 1 atom stereocenters. The third kappa shape index (κ3) is 7.61. The van der Waals surface area contributed by atoms with Crippen LogP contribution in [0.25, 0.3) is 32.9 Å². The first-order chi connectivity index (χ1) is 26.9. The lowest BCUT2D eigenvalue weighted by molar-refractivity contribution is -0.136. The summed E-state index contributed by atoms with van der Waals surface area (Å²) in [6, 6.07) is 17.0. The zero-order chi connectivity index (χ0) is 37.9. The van der Waals surface area contributed by atoms with Crippen LogP contribution in [0.3, 0.4) is 0 Å². The van der Waals surface area contributed by atoms with Crippen LogP contribution in [0.2, 0.25) is 0 Å². The van der Waals surface area contributed by atoms with Gasteiger partial charge in [0.25, 0.3) is 11.8 Å². The molecule has 2 fully saturated rings. The smallest absolute Gasteiger partial charge is 0.262 e. The van der Waals surface area contributed by atoms with Gasteiger partial charge in [0.2, 0.25) is 11.8 Å². The van der Waals surface area contributed by atoms with Crippen LogP contribution < -0.4 is 10.1 Å². The Kier molecular flexibility index (Phi) is 10.7. The quantitative estimate of drug-likeness (QED) is 0.116. The van der Waals surface area contributed by atoms with Crippen LogP contribution in [0.1, 0.15) is 71.9 Å². The summed E-state index contributed by atoms with van der Waals surface area (Å²) >= 11 is 0. The number of aryl methyl sites for hydroxylation is 2. The van der Waals surface area contributed by atoms with E-state index in [2.05, 4.69) is 68.0 Å². The van der Waals surface area contributed by atoms with Crippen molar-refractivity contribution in [3.05, 3.63) is 90.0 Å². The highest BCUT2D eigenvalue weighted by Gasteiger charge is 2.44. The Bertz CT molecular complexity index is 2240. The topological polar surface area (TPSA) is 130 Å². The van der Waals surface area contributed by atoms with Crippen LogP contribution in [0, 0.1) is 0 Å². The molecule has 0 spiro atoms. The lowest BCUT2D eigenvalue weighted by Crippen LogP contribution is -2.54. The van der Waals surface area contributed by atoms with E-state index in [9.17, 15) is 19.2 Å². The van der Waals surface area contributed by atoms with Gasteiger partial charge in [-0.2, -0.15) is 0 Å². The van der Waals surface area contributed by atoms with Gasteiger partial charge in [-0.15, -0.1) is 0 Å². The summed E-state index contributed by atoms with van der Waals surface area (Å²) in [4.78, 5) is 65.1. The molecule has 4 amide bonds. The number of nitrogens with zero attached hydrogens (tertiary/aromatic N) is 6. The van der Waals surface area contributed by atoms with Crippen LogP contribution in [0.15, 0.2) is 73.2 Å². The van der Waals surface area contributed by atoms with E-state index in [0.717, 1.165) is 94.1 Å². The Labute approximate surface area is 320 Å². The molecule has 0 aliphatic carbocycles. The number of piperazine rings is 1. The number of piperidine rings is 1. The number of benzene rings is 2. The second-order valence-corrected chi connectivity index (χ2v) is 14.8. The average Bonchev–Trinajstić information content (AvgIpc) is 3.66. The number of amides is 4. The van der Waals surface area contributed by atoms with Gasteiger partial charge in [0.15, 0.2) is 0 Å². The van der Waals surface area contributed by atoms with Gasteiger partial charge in [0, 0.05) is 85.3 Å². The monoisotopic (exact) mass is 741 g/mol. The first-order valence-electron chi connectivity index (χ1n) is 19.6. The molecule has 8 rings (SSSR count). The van der Waals surface area contributed by atoms with Crippen molar-refractivity contribution in [2.75, 3.05) is 45.9 Å². The number of pyridine rings is 2. The number of hydrogen-bond acceptors (Lipinski definition) is 9. The Balaban J connectivity index is 0.717. The van der Waals surface area contributed by atoms with Crippen molar-refractivity contribution in [3.63, 3.8) is 0 Å². The van der Waals surface area contributed by atoms with E-state index in [1.54, 1.807) is 18.2 Å². The van der Waals surface area contributed by atoms with Gasteiger partial charge in [-0.3, -0.25) is 39.4 Å². The molecule has 2 aromatic carbocycles. The summed E-state index contributed by atoms with van der Waals surface area (Å²) in [5.41, 5.74) is 6.39. The van der Waals surface area contributed by atoms with Gasteiger partial charge in [-0.1, -0.05) is 18.2 Å². The van der Waals surface area contributed by atoms with Crippen molar-refractivity contribution in [3.8, 4) is 16.9 Å². The maximum absolute atomic E-state index is 13.1. The molecule has 5 aromatic rings. The van der Waals surface area contributed by atoms with Gasteiger partial charge in [-0.25, -0.2) is 0 Å². The minimum absolute atomic E-state index is 0.0923. The van der Waals surface area contributed by atoms with E-state index < -0.39 is 29.7 Å². The molecule has 2 saturated heterocycles. The van der Waals surface area contributed by atoms with Crippen molar-refractivity contribution < 1.29 is 23.9 Å². The van der Waals surface area contributed by atoms with E-state index in [0.29, 0.717) is 12.4 Å². The highest BCUT2D eigenvalue weighted by atomic mass is 16.5. The molecule has 6 heterocycles. The highest BCUT2D eigenvalue weighted by molar-refractivity contribution is 6.23. The van der Waals surface area contributed by atoms with Crippen LogP contribution >= 0.6 is 0 Å². The molecule has 0 radical (unpaired) electrons. The third-order valence-electron chi connectivity index (χ3n) is 11.3. The summed E-state index contributed by atoms with van der Waals surface area (Å²) in [6.45, 7) is 10.1. The van der Waals surface area contributed by atoms with E-state index in [4.69, 9.17) is 9.72 Å². The Morgan fingerprint density at radius 2 is 1.55 bits per heavy atom. The molecular formula is C43H47N7O5. The SMILES string of the molecule is CCn1c2ccncc2c2ccc(-c3ccc(CCCN4CCN(CCCCCOc5ccc6c(c5)C(=O)N(C5CCC(=O)NC5=O)C6=O)CC4)nc3)cc21. The van der Waals surface area contributed by atoms with Crippen molar-refractivity contribution in [1.82, 2.24) is 34.6 Å². The van der Waals surface area contributed by atoms with Crippen LogP contribution in [0.4, 0.5) is 0 Å². The molecule has 12 nitrogen and oxygen atoms in total. The predicted octanol–water partition coefficient (Wildman–Crippen LogP) is 5.47. The van der Waals surface area contributed by atoms with Gasteiger partial charge in [0.05, 0.1) is 23.3 Å². The fraction of sp³-hybridized carbons (Fsp3) is 0.395. The number of rotatable bonds is 14. The normalized spacial score (nSPS) is 18.1. The van der Waals surface area contributed by atoms with Gasteiger partial charge in [-0.05, 0) is 100 Å². The Morgan fingerprint density at radius 3 is 2.31 bits per heavy atom. The predicted molar refractivity (Wildman–Crippen MR) is 210 cm³/mol. The number of nitrogens with one attached hydrogen (secondary N) is 1. The molecule has 3 aliphatic rings. The van der Waals surface area contributed by atoms with Crippen LogP contribution in [0.5, 0.6) is 5.75 Å². The fourth-order valence-corrected chi connectivity index (χ4v) is 8.27. The standard InChI is InChI=1S/C43H47N7O5/c1-2-49-37-16-17-44-28-36(37)33-12-9-29(25-39(33)49)30-8-10-31(45-27-30)7-6-19-48-22-20-47(21-23-48)18-4-3-5-24-55-32-11-13-34-35(26-32)43(54)50(42(34)53)38-14-15-40(51)46-41(38)52/h8-13,16-17,25-28,38H,2-7,14-15,18-24H2,1H3,(H,46,51,52). The number of fused-ring (bicyclic) bond motifs is 4. The Hall–Kier alpha value is -5.46. The number of unbranched alkanes of at least 4 members (excludes halogenated alkanes) is 2. The first kappa shape index (κ1) is 36.5. The molecule has 0 bridgehead atoms. The van der Waals surface area contributed by atoms with E-state index in [1.165, 1.54) is 27.4 Å². The van der Waals surface area contributed by atoms with Crippen molar-refractivity contribution in [2.24, 2.45) is 0 Å². The molecule has 3 aromatic heterocycles. The van der Waals surface area contributed by atoms with Gasteiger partial charge < -0.3 is 19.1 Å². The zero-order valence-electron chi connectivity index (χ0n) is 31.3. The zero-order valence-corrected chi connectivity index (χ0v) is 31.3. The largest absolute Gasteiger partial charge is 0.494 e. The summed E-state index contributed by atoms with van der Waals surface area (Å²) in [7, 11) is 0. The number of imide groups is 2. The molecule has 55 heavy (non-hydrogen) atoms. The average molecular weight is 742 g/mol. The van der Waals surface area contributed by atoms with Gasteiger partial charge in [0.1, 0.15) is 11.8 Å². The maximum atomic E-state index is 13.1. The second-order valence-electron chi connectivity index (χ2n) is 14.8. The summed E-state index contributed by atoms with van der Waals surface area (Å²) in [6.07, 6.45) is 11.1. The minimum Gasteiger partial charge on any atom is -0.494 e. The second kappa shape index (κ2) is 16.1. The first-order valence-corrected chi connectivity index (χ1v) is 19.6. The molecule has 12 heteroatoms.